The maximum atomic E-state index is 12.4. The van der Waals surface area contributed by atoms with E-state index in [4.69, 9.17) is 9.47 Å². The van der Waals surface area contributed by atoms with Crippen molar-refractivity contribution in [1.82, 2.24) is 5.32 Å². The second-order valence-corrected chi connectivity index (χ2v) is 5.46. The van der Waals surface area contributed by atoms with Crippen LogP contribution in [0.3, 0.4) is 0 Å². The van der Waals surface area contributed by atoms with Crippen LogP contribution in [0.5, 0.6) is 11.5 Å². The van der Waals surface area contributed by atoms with Gasteiger partial charge in [0, 0.05) is 5.56 Å². The summed E-state index contributed by atoms with van der Waals surface area (Å²) in [7, 11) is 0. The summed E-state index contributed by atoms with van der Waals surface area (Å²) in [5.74, 6) is 1.20. The van der Waals surface area contributed by atoms with Gasteiger partial charge in [0.1, 0.15) is 13.2 Å². The lowest BCUT2D eigenvalue weighted by Crippen LogP contribution is -2.27. The topological polar surface area (TPSA) is 47.6 Å². The van der Waals surface area contributed by atoms with Crippen molar-refractivity contribution in [3.63, 3.8) is 0 Å². The minimum atomic E-state index is -0.120. The molecule has 1 atom stereocenters. The van der Waals surface area contributed by atoms with Crippen LogP contribution in [0.25, 0.3) is 0 Å². The van der Waals surface area contributed by atoms with Gasteiger partial charge in [-0.3, -0.25) is 4.79 Å². The summed E-state index contributed by atoms with van der Waals surface area (Å²) >= 11 is 0. The Hall–Kier alpha value is -2.49. The average Bonchev–Trinajstić information content (AvgIpc) is 2.55. The Morgan fingerprint density at radius 1 is 1.05 bits per heavy atom. The molecule has 1 amide bonds. The van der Waals surface area contributed by atoms with Crippen LogP contribution in [0.4, 0.5) is 0 Å². The smallest absolute Gasteiger partial charge is 0.251 e. The molecule has 0 unspecified atom stereocenters. The number of ether oxygens (including phenoxy) is 2. The molecule has 0 saturated carbocycles. The molecule has 2 aromatic rings. The van der Waals surface area contributed by atoms with Crippen LogP contribution in [-0.2, 0) is 0 Å². The van der Waals surface area contributed by atoms with Crippen LogP contribution in [-0.4, -0.2) is 19.1 Å². The van der Waals surface area contributed by atoms with Crippen LogP contribution >= 0.6 is 0 Å². The quantitative estimate of drug-likeness (QED) is 0.946. The minimum Gasteiger partial charge on any atom is -0.486 e. The number of aryl methyl sites for hydroxylation is 1. The molecule has 1 heterocycles. The van der Waals surface area contributed by atoms with Gasteiger partial charge in [0.15, 0.2) is 11.5 Å². The first kappa shape index (κ1) is 14.4. The standard InChI is InChI=1S/C18H19NO3/c1-12-3-5-14(6-4-12)13(2)19-18(20)15-7-8-16-17(11-15)22-10-9-21-16/h3-8,11,13H,9-10H2,1-2H3,(H,19,20)/t13-/m0/s1. The lowest BCUT2D eigenvalue weighted by molar-refractivity contribution is 0.0938. The summed E-state index contributed by atoms with van der Waals surface area (Å²) in [6.45, 7) is 5.07. The Balaban J connectivity index is 1.72. The van der Waals surface area contributed by atoms with Gasteiger partial charge in [-0.25, -0.2) is 0 Å². The predicted octanol–water partition coefficient (Wildman–Crippen LogP) is 3.26. The highest BCUT2D eigenvalue weighted by molar-refractivity contribution is 5.95. The molecule has 3 rings (SSSR count). The fourth-order valence-electron chi connectivity index (χ4n) is 2.40. The van der Waals surface area contributed by atoms with Crippen LogP contribution in [0.1, 0.15) is 34.5 Å². The number of hydrogen-bond acceptors (Lipinski definition) is 3. The molecular weight excluding hydrogens is 278 g/mol. The third kappa shape index (κ3) is 3.06. The highest BCUT2D eigenvalue weighted by Crippen LogP contribution is 2.30. The molecule has 4 nitrogen and oxygen atoms in total. The normalized spacial score (nSPS) is 14.3. The Labute approximate surface area is 130 Å². The highest BCUT2D eigenvalue weighted by atomic mass is 16.6. The summed E-state index contributed by atoms with van der Waals surface area (Å²) in [6, 6.07) is 13.4. The van der Waals surface area contributed by atoms with E-state index < -0.39 is 0 Å². The Bertz CT molecular complexity index is 679. The van der Waals surface area contributed by atoms with Crippen molar-refractivity contribution in [2.24, 2.45) is 0 Å². The van der Waals surface area contributed by atoms with Gasteiger partial charge in [0.2, 0.25) is 0 Å². The maximum absolute atomic E-state index is 12.4. The Kier molecular flexibility index (Phi) is 4.00. The summed E-state index contributed by atoms with van der Waals surface area (Å²) in [5, 5.41) is 3.00. The zero-order valence-corrected chi connectivity index (χ0v) is 12.8. The number of hydrogen-bond donors (Lipinski definition) is 1. The monoisotopic (exact) mass is 297 g/mol. The molecule has 0 saturated heterocycles. The molecule has 0 bridgehead atoms. The van der Waals surface area contributed by atoms with Crippen molar-refractivity contribution in [2.75, 3.05) is 13.2 Å². The van der Waals surface area contributed by atoms with Gasteiger partial charge in [-0.05, 0) is 37.6 Å². The number of rotatable bonds is 3. The van der Waals surface area contributed by atoms with Gasteiger partial charge in [0.05, 0.1) is 6.04 Å². The molecule has 0 spiro atoms. The molecule has 2 aromatic carbocycles. The average molecular weight is 297 g/mol. The molecule has 0 aliphatic carbocycles. The second-order valence-electron chi connectivity index (χ2n) is 5.46. The van der Waals surface area contributed by atoms with Gasteiger partial charge >= 0.3 is 0 Å². The number of carbonyl (C=O) groups is 1. The molecule has 0 aromatic heterocycles. The lowest BCUT2D eigenvalue weighted by atomic mass is 10.1. The third-order valence-corrected chi connectivity index (χ3v) is 3.73. The first-order chi connectivity index (χ1) is 10.6. The van der Waals surface area contributed by atoms with Crippen LogP contribution in [0.2, 0.25) is 0 Å². The van der Waals surface area contributed by atoms with Gasteiger partial charge in [0.25, 0.3) is 5.91 Å². The van der Waals surface area contributed by atoms with E-state index in [1.165, 1.54) is 5.56 Å². The largest absolute Gasteiger partial charge is 0.486 e. The van der Waals surface area contributed by atoms with E-state index in [9.17, 15) is 4.79 Å². The fraction of sp³-hybridized carbons (Fsp3) is 0.278. The van der Waals surface area contributed by atoms with Crippen molar-refractivity contribution >= 4 is 5.91 Å². The summed E-state index contributed by atoms with van der Waals surface area (Å²) in [4.78, 5) is 12.4. The van der Waals surface area contributed by atoms with Crippen molar-refractivity contribution in [3.05, 3.63) is 59.2 Å². The van der Waals surface area contributed by atoms with E-state index >= 15 is 0 Å². The van der Waals surface area contributed by atoms with E-state index in [0.717, 1.165) is 5.56 Å². The van der Waals surface area contributed by atoms with E-state index in [1.807, 2.05) is 38.1 Å². The molecule has 22 heavy (non-hydrogen) atoms. The zero-order valence-electron chi connectivity index (χ0n) is 12.8. The molecule has 0 fully saturated rings. The lowest BCUT2D eigenvalue weighted by Gasteiger charge is -2.19. The number of fused-ring (bicyclic) bond motifs is 1. The molecule has 1 aliphatic rings. The molecule has 114 valence electrons. The van der Waals surface area contributed by atoms with Crippen molar-refractivity contribution < 1.29 is 14.3 Å². The Morgan fingerprint density at radius 3 is 2.45 bits per heavy atom. The first-order valence-corrected chi connectivity index (χ1v) is 7.40. The van der Waals surface area contributed by atoms with Crippen LogP contribution < -0.4 is 14.8 Å². The maximum Gasteiger partial charge on any atom is 0.251 e. The zero-order chi connectivity index (χ0) is 15.5. The molecule has 1 N–H and O–H groups in total. The number of nitrogens with one attached hydrogen (secondary N) is 1. The Morgan fingerprint density at radius 2 is 1.73 bits per heavy atom. The molecular formula is C18H19NO3. The van der Waals surface area contributed by atoms with E-state index in [-0.39, 0.29) is 11.9 Å². The molecule has 1 aliphatic heterocycles. The van der Waals surface area contributed by atoms with Crippen LogP contribution in [0.15, 0.2) is 42.5 Å². The number of benzene rings is 2. The highest BCUT2D eigenvalue weighted by Gasteiger charge is 2.16. The minimum absolute atomic E-state index is 0.0544. The fourth-order valence-corrected chi connectivity index (χ4v) is 2.40. The van der Waals surface area contributed by atoms with E-state index in [0.29, 0.717) is 30.3 Å². The molecule has 4 heteroatoms. The van der Waals surface area contributed by atoms with Gasteiger partial charge < -0.3 is 14.8 Å². The summed E-state index contributed by atoms with van der Waals surface area (Å²) < 4.78 is 11.0. The number of amides is 1. The van der Waals surface area contributed by atoms with E-state index in [1.54, 1.807) is 18.2 Å². The molecule has 0 radical (unpaired) electrons. The van der Waals surface area contributed by atoms with Crippen LogP contribution in [0, 0.1) is 6.92 Å². The van der Waals surface area contributed by atoms with Gasteiger partial charge in [-0.1, -0.05) is 29.8 Å². The first-order valence-electron chi connectivity index (χ1n) is 7.40. The SMILES string of the molecule is Cc1ccc([C@H](C)NC(=O)c2ccc3c(c2)OCCO3)cc1. The van der Waals surface area contributed by atoms with Crippen molar-refractivity contribution in [2.45, 2.75) is 19.9 Å². The van der Waals surface area contributed by atoms with Gasteiger partial charge in [-0.2, -0.15) is 0 Å². The summed E-state index contributed by atoms with van der Waals surface area (Å²) in [6.07, 6.45) is 0. The predicted molar refractivity (Wildman–Crippen MR) is 84.5 cm³/mol. The second kappa shape index (κ2) is 6.10. The van der Waals surface area contributed by atoms with Gasteiger partial charge in [-0.15, -0.1) is 0 Å². The van der Waals surface area contributed by atoms with E-state index in [2.05, 4.69) is 5.32 Å². The number of carbonyl (C=O) groups excluding carboxylic acids is 1. The van der Waals surface area contributed by atoms with Crippen molar-refractivity contribution in [3.8, 4) is 11.5 Å². The third-order valence-electron chi connectivity index (χ3n) is 3.73. The summed E-state index contributed by atoms with van der Waals surface area (Å²) in [5.41, 5.74) is 2.86. The van der Waals surface area contributed by atoms with Crippen molar-refractivity contribution in [1.29, 1.82) is 0 Å².